The summed E-state index contributed by atoms with van der Waals surface area (Å²) in [5, 5.41) is 0. The second kappa shape index (κ2) is 8.95. The highest BCUT2D eigenvalue weighted by molar-refractivity contribution is 6.34. The van der Waals surface area contributed by atoms with Gasteiger partial charge in [-0.1, -0.05) is 26.7 Å². The van der Waals surface area contributed by atoms with Gasteiger partial charge in [0.15, 0.2) is 0 Å². The molecule has 0 N–H and O–H groups in total. The predicted molar refractivity (Wildman–Crippen MR) is 80.5 cm³/mol. The molecule has 0 saturated carbocycles. The number of carbonyl (C=O) groups is 2. The zero-order valence-electron chi connectivity index (χ0n) is 13.2. The molecule has 1 heterocycles. The number of piperazine rings is 1. The molecule has 5 nitrogen and oxygen atoms in total. The molecule has 1 fully saturated rings. The lowest BCUT2D eigenvalue weighted by atomic mass is 10.2. The van der Waals surface area contributed by atoms with Gasteiger partial charge < -0.3 is 14.7 Å². The third kappa shape index (κ3) is 5.12. The summed E-state index contributed by atoms with van der Waals surface area (Å²) in [7, 11) is 2.04. The predicted octanol–water partition coefficient (Wildman–Crippen LogP) is 1.19. The zero-order valence-corrected chi connectivity index (χ0v) is 13.2. The van der Waals surface area contributed by atoms with Gasteiger partial charge in [-0.2, -0.15) is 0 Å². The van der Waals surface area contributed by atoms with Crippen molar-refractivity contribution in [3.63, 3.8) is 0 Å². The van der Waals surface area contributed by atoms with Crippen molar-refractivity contribution in [2.75, 3.05) is 46.3 Å². The Morgan fingerprint density at radius 2 is 1.45 bits per heavy atom. The van der Waals surface area contributed by atoms with Crippen LogP contribution in [0.2, 0.25) is 0 Å². The van der Waals surface area contributed by atoms with Crippen LogP contribution in [0.3, 0.4) is 0 Å². The molecule has 1 rings (SSSR count). The highest BCUT2D eigenvalue weighted by Gasteiger charge is 2.28. The largest absolute Gasteiger partial charge is 0.334 e. The van der Waals surface area contributed by atoms with Crippen LogP contribution >= 0.6 is 0 Å². The normalized spacial score (nSPS) is 16.2. The maximum atomic E-state index is 12.4. The Morgan fingerprint density at radius 1 is 0.950 bits per heavy atom. The molecular formula is C15H29N3O2. The van der Waals surface area contributed by atoms with E-state index in [1.807, 2.05) is 7.05 Å². The second-order valence-corrected chi connectivity index (χ2v) is 5.59. The molecule has 0 spiro atoms. The van der Waals surface area contributed by atoms with Crippen LogP contribution in [0.5, 0.6) is 0 Å². The summed E-state index contributed by atoms with van der Waals surface area (Å²) in [5.41, 5.74) is 0. The van der Waals surface area contributed by atoms with Crippen molar-refractivity contribution in [1.82, 2.24) is 14.7 Å². The highest BCUT2D eigenvalue weighted by atomic mass is 16.2. The van der Waals surface area contributed by atoms with Crippen LogP contribution in [0.15, 0.2) is 0 Å². The highest BCUT2D eigenvalue weighted by Crippen LogP contribution is 2.05. The van der Waals surface area contributed by atoms with Gasteiger partial charge in [0.05, 0.1) is 0 Å². The van der Waals surface area contributed by atoms with Crippen molar-refractivity contribution in [1.29, 1.82) is 0 Å². The fourth-order valence-electron chi connectivity index (χ4n) is 2.29. The van der Waals surface area contributed by atoms with E-state index in [0.717, 1.165) is 38.8 Å². The van der Waals surface area contributed by atoms with Crippen molar-refractivity contribution < 1.29 is 9.59 Å². The fourth-order valence-corrected chi connectivity index (χ4v) is 2.29. The monoisotopic (exact) mass is 283 g/mol. The molecule has 1 saturated heterocycles. The number of amides is 2. The lowest BCUT2D eigenvalue weighted by molar-refractivity contribution is -0.152. The molecule has 0 radical (unpaired) electrons. The van der Waals surface area contributed by atoms with Crippen LogP contribution in [0.4, 0.5) is 0 Å². The summed E-state index contributed by atoms with van der Waals surface area (Å²) in [4.78, 5) is 30.3. The Kier molecular flexibility index (Phi) is 7.59. The molecule has 1 aliphatic rings. The summed E-state index contributed by atoms with van der Waals surface area (Å²) in [6, 6.07) is 0. The smallest absolute Gasteiger partial charge is 0.312 e. The Bertz CT molecular complexity index is 304. The third-order valence-electron chi connectivity index (χ3n) is 3.82. The number of nitrogens with zero attached hydrogens (tertiary/aromatic N) is 3. The van der Waals surface area contributed by atoms with E-state index < -0.39 is 0 Å². The van der Waals surface area contributed by atoms with Crippen LogP contribution in [0.1, 0.15) is 39.5 Å². The standard InChI is InChI=1S/C15H29N3O2/c1-4-6-8-17(9-7-5-2)14(19)15(20)18-12-10-16(3)11-13-18/h4-13H2,1-3H3. The number of carbonyl (C=O) groups excluding carboxylic acids is 2. The molecule has 20 heavy (non-hydrogen) atoms. The van der Waals surface area contributed by atoms with E-state index in [1.165, 1.54) is 0 Å². The molecule has 1 aliphatic heterocycles. The lowest BCUT2D eigenvalue weighted by Gasteiger charge is -2.33. The SMILES string of the molecule is CCCCN(CCCC)C(=O)C(=O)N1CCN(C)CC1. The average Bonchev–Trinajstić information content (AvgIpc) is 2.47. The van der Waals surface area contributed by atoms with Crippen LogP contribution in [-0.4, -0.2) is 72.8 Å². The van der Waals surface area contributed by atoms with E-state index in [4.69, 9.17) is 0 Å². The van der Waals surface area contributed by atoms with Gasteiger partial charge in [0, 0.05) is 39.3 Å². The molecule has 116 valence electrons. The van der Waals surface area contributed by atoms with Crippen molar-refractivity contribution >= 4 is 11.8 Å². The van der Waals surface area contributed by atoms with Crippen LogP contribution < -0.4 is 0 Å². The third-order valence-corrected chi connectivity index (χ3v) is 3.82. The first-order valence-corrected chi connectivity index (χ1v) is 7.86. The summed E-state index contributed by atoms with van der Waals surface area (Å²) in [6.45, 7) is 8.64. The molecule has 0 aromatic rings. The van der Waals surface area contributed by atoms with Gasteiger partial charge in [-0.3, -0.25) is 9.59 Å². The molecule has 0 aromatic carbocycles. The summed E-state index contributed by atoms with van der Waals surface area (Å²) >= 11 is 0. The maximum absolute atomic E-state index is 12.4. The van der Waals surface area contributed by atoms with Crippen molar-refractivity contribution in [2.45, 2.75) is 39.5 Å². The summed E-state index contributed by atoms with van der Waals surface area (Å²) in [6.07, 6.45) is 4.01. The van der Waals surface area contributed by atoms with Gasteiger partial charge >= 0.3 is 11.8 Å². The zero-order chi connectivity index (χ0) is 15.0. The molecule has 0 aromatic heterocycles. The summed E-state index contributed by atoms with van der Waals surface area (Å²) in [5.74, 6) is -0.623. The number of hydrogen-bond donors (Lipinski definition) is 0. The van der Waals surface area contributed by atoms with Crippen molar-refractivity contribution in [2.24, 2.45) is 0 Å². The Balaban J connectivity index is 2.55. The van der Waals surface area contributed by atoms with Crippen LogP contribution in [0.25, 0.3) is 0 Å². The minimum absolute atomic E-state index is 0.309. The topological polar surface area (TPSA) is 43.9 Å². The summed E-state index contributed by atoms with van der Waals surface area (Å²) < 4.78 is 0. The Hall–Kier alpha value is -1.10. The first-order chi connectivity index (χ1) is 9.60. The van der Waals surface area contributed by atoms with Gasteiger partial charge in [-0.25, -0.2) is 0 Å². The second-order valence-electron chi connectivity index (χ2n) is 5.59. The van der Waals surface area contributed by atoms with Gasteiger partial charge in [-0.05, 0) is 19.9 Å². The Morgan fingerprint density at radius 3 is 1.90 bits per heavy atom. The minimum atomic E-state index is -0.315. The van der Waals surface area contributed by atoms with Crippen molar-refractivity contribution in [3.8, 4) is 0 Å². The van der Waals surface area contributed by atoms with Gasteiger partial charge in [0.1, 0.15) is 0 Å². The van der Waals surface area contributed by atoms with Crippen molar-refractivity contribution in [3.05, 3.63) is 0 Å². The van der Waals surface area contributed by atoms with Gasteiger partial charge in [-0.15, -0.1) is 0 Å². The average molecular weight is 283 g/mol. The van der Waals surface area contributed by atoms with E-state index in [2.05, 4.69) is 18.7 Å². The first kappa shape index (κ1) is 17.0. The van der Waals surface area contributed by atoms with Gasteiger partial charge in [0.25, 0.3) is 0 Å². The van der Waals surface area contributed by atoms with E-state index in [1.54, 1.807) is 9.80 Å². The number of rotatable bonds is 6. The quantitative estimate of drug-likeness (QED) is 0.688. The van der Waals surface area contributed by atoms with E-state index >= 15 is 0 Å². The van der Waals surface area contributed by atoms with E-state index in [9.17, 15) is 9.59 Å². The molecule has 0 atom stereocenters. The van der Waals surface area contributed by atoms with Gasteiger partial charge in [0.2, 0.25) is 0 Å². The molecule has 0 aliphatic carbocycles. The number of likely N-dealkylation sites (N-methyl/N-ethyl adjacent to an activating group) is 1. The molecule has 0 unspecified atom stereocenters. The fraction of sp³-hybridized carbons (Fsp3) is 0.867. The molecular weight excluding hydrogens is 254 g/mol. The van der Waals surface area contributed by atoms with E-state index in [0.29, 0.717) is 26.2 Å². The van der Waals surface area contributed by atoms with Crippen LogP contribution in [0, 0.1) is 0 Å². The molecule has 2 amide bonds. The minimum Gasteiger partial charge on any atom is -0.334 e. The lowest BCUT2D eigenvalue weighted by Crippen LogP contribution is -2.52. The number of hydrogen-bond acceptors (Lipinski definition) is 3. The van der Waals surface area contributed by atoms with E-state index in [-0.39, 0.29) is 11.8 Å². The molecule has 0 bridgehead atoms. The number of unbranched alkanes of at least 4 members (excludes halogenated alkanes) is 2. The Labute approximate surface area is 122 Å². The van der Waals surface area contributed by atoms with Crippen LogP contribution in [-0.2, 0) is 9.59 Å². The first-order valence-electron chi connectivity index (χ1n) is 7.86. The molecule has 5 heteroatoms. The maximum Gasteiger partial charge on any atom is 0.312 e.